The number of aromatic nitrogens is 2. The quantitative estimate of drug-likeness (QED) is 0.446. The number of hydrogen-bond donors (Lipinski definition) is 1. The van der Waals surface area contributed by atoms with Gasteiger partial charge in [-0.1, -0.05) is 18.2 Å². The minimum Gasteiger partial charge on any atom is -0.457 e. The molecule has 4 aromatic rings. The minimum absolute atomic E-state index is 0.145. The highest BCUT2D eigenvalue weighted by Gasteiger charge is 2.13. The third-order valence-electron chi connectivity index (χ3n) is 3.58. The Morgan fingerprint density at radius 2 is 1.88 bits per heavy atom. The van der Waals surface area contributed by atoms with Gasteiger partial charge >= 0.3 is 5.97 Å². The molecule has 6 heteroatoms. The van der Waals surface area contributed by atoms with Gasteiger partial charge in [0.05, 0.1) is 11.8 Å². The maximum Gasteiger partial charge on any atom is 0.379 e. The second-order valence-corrected chi connectivity index (χ2v) is 5.26. The van der Waals surface area contributed by atoms with Gasteiger partial charge in [0.1, 0.15) is 17.9 Å². The molecule has 0 spiro atoms. The highest BCUT2D eigenvalue weighted by atomic mass is 16.5. The summed E-state index contributed by atoms with van der Waals surface area (Å²) < 4.78 is 10.4. The molecule has 0 radical (unpaired) electrons. The van der Waals surface area contributed by atoms with Crippen LogP contribution in [0.25, 0.3) is 10.9 Å². The summed E-state index contributed by atoms with van der Waals surface area (Å²) in [5.74, 6) is 0.609. The summed E-state index contributed by atoms with van der Waals surface area (Å²) in [4.78, 5) is 20.6. The van der Waals surface area contributed by atoms with Crippen LogP contribution >= 0.6 is 0 Å². The number of fused-ring (bicyclic) bond motifs is 1. The topological polar surface area (TPSA) is 77.2 Å². The second-order valence-electron chi connectivity index (χ2n) is 5.26. The third kappa shape index (κ3) is 3.18. The largest absolute Gasteiger partial charge is 0.457 e. The Hall–Kier alpha value is -3.67. The molecule has 2 aromatic carbocycles. The molecule has 0 aliphatic carbocycles. The van der Waals surface area contributed by atoms with Crippen LogP contribution in [0.2, 0.25) is 0 Å². The van der Waals surface area contributed by atoms with Crippen LogP contribution in [-0.4, -0.2) is 15.9 Å². The number of esters is 1. The van der Waals surface area contributed by atoms with E-state index >= 15 is 0 Å². The molecule has 0 aliphatic rings. The fourth-order valence-corrected chi connectivity index (χ4v) is 2.41. The zero-order chi connectivity index (χ0) is 17.1. The molecule has 2 aromatic heterocycles. The number of furan rings is 1. The van der Waals surface area contributed by atoms with Crippen molar-refractivity contribution in [3.63, 3.8) is 0 Å². The van der Waals surface area contributed by atoms with Gasteiger partial charge in [-0.25, -0.2) is 14.8 Å². The molecule has 0 amide bonds. The van der Waals surface area contributed by atoms with E-state index in [0.29, 0.717) is 11.6 Å². The maximum atomic E-state index is 12.0. The van der Waals surface area contributed by atoms with Gasteiger partial charge in [-0.3, -0.25) is 0 Å². The molecule has 0 atom stereocenters. The number of benzene rings is 2. The Kier molecular flexibility index (Phi) is 3.84. The molecule has 122 valence electrons. The molecular weight excluding hydrogens is 318 g/mol. The fourth-order valence-electron chi connectivity index (χ4n) is 2.41. The number of rotatable bonds is 4. The summed E-state index contributed by atoms with van der Waals surface area (Å²) in [6.07, 6.45) is 2.91. The number of nitrogens with one attached hydrogen (secondary N) is 1. The summed E-state index contributed by atoms with van der Waals surface area (Å²) >= 11 is 0. The second kappa shape index (κ2) is 6.45. The van der Waals surface area contributed by atoms with Crippen LogP contribution < -0.4 is 10.1 Å². The van der Waals surface area contributed by atoms with Crippen LogP contribution in [0.15, 0.2) is 77.7 Å². The van der Waals surface area contributed by atoms with E-state index in [1.165, 1.54) is 12.6 Å². The lowest BCUT2D eigenvalue weighted by atomic mass is 10.2. The summed E-state index contributed by atoms with van der Waals surface area (Å²) in [5.41, 5.74) is 1.65. The molecule has 0 saturated carbocycles. The van der Waals surface area contributed by atoms with Crippen LogP contribution in [0.5, 0.6) is 5.75 Å². The van der Waals surface area contributed by atoms with E-state index in [9.17, 15) is 4.79 Å². The Bertz CT molecular complexity index is 1010. The number of carbonyl (C=O) groups is 1. The van der Waals surface area contributed by atoms with Crippen LogP contribution in [0.1, 0.15) is 10.6 Å². The monoisotopic (exact) mass is 331 g/mol. The molecule has 25 heavy (non-hydrogen) atoms. The smallest absolute Gasteiger partial charge is 0.379 e. The van der Waals surface area contributed by atoms with E-state index in [1.54, 1.807) is 30.3 Å². The Labute approximate surface area is 143 Å². The molecule has 0 bridgehead atoms. The SMILES string of the molecule is O=C(Oc1ccc2ncnc(Nc3ccccc3)c2c1)c1ccco1. The summed E-state index contributed by atoms with van der Waals surface area (Å²) in [6, 6.07) is 18.0. The molecule has 0 fully saturated rings. The first-order valence-electron chi connectivity index (χ1n) is 7.62. The van der Waals surface area contributed by atoms with Crippen molar-refractivity contribution in [3.05, 3.63) is 79.0 Å². The van der Waals surface area contributed by atoms with E-state index in [-0.39, 0.29) is 5.76 Å². The number of para-hydroxylation sites is 1. The first-order chi connectivity index (χ1) is 12.3. The summed E-state index contributed by atoms with van der Waals surface area (Å²) in [7, 11) is 0. The lowest BCUT2D eigenvalue weighted by Gasteiger charge is -2.09. The van der Waals surface area contributed by atoms with Crippen molar-refractivity contribution in [2.75, 3.05) is 5.32 Å². The van der Waals surface area contributed by atoms with Crippen LogP contribution in [-0.2, 0) is 0 Å². The Morgan fingerprint density at radius 1 is 1.00 bits per heavy atom. The predicted octanol–water partition coefficient (Wildman–Crippen LogP) is 4.19. The molecule has 0 saturated heterocycles. The highest BCUT2D eigenvalue weighted by molar-refractivity contribution is 5.93. The van der Waals surface area contributed by atoms with Gasteiger partial charge in [-0.2, -0.15) is 0 Å². The zero-order valence-electron chi connectivity index (χ0n) is 13.0. The Morgan fingerprint density at radius 3 is 2.68 bits per heavy atom. The van der Waals surface area contributed by atoms with Crippen molar-refractivity contribution in [2.24, 2.45) is 0 Å². The average molecular weight is 331 g/mol. The van der Waals surface area contributed by atoms with E-state index in [1.807, 2.05) is 30.3 Å². The van der Waals surface area contributed by atoms with Crippen molar-refractivity contribution in [3.8, 4) is 5.75 Å². The normalized spacial score (nSPS) is 10.6. The summed E-state index contributed by atoms with van der Waals surface area (Å²) in [6.45, 7) is 0. The number of nitrogens with zero attached hydrogens (tertiary/aromatic N) is 2. The first kappa shape index (κ1) is 14.9. The van der Waals surface area contributed by atoms with Gasteiger partial charge in [0.15, 0.2) is 0 Å². The molecule has 0 aliphatic heterocycles. The van der Waals surface area contributed by atoms with Crippen LogP contribution in [0.4, 0.5) is 11.5 Å². The summed E-state index contributed by atoms with van der Waals surface area (Å²) in [5, 5.41) is 3.99. The van der Waals surface area contributed by atoms with Gasteiger partial charge in [-0.15, -0.1) is 0 Å². The molecular formula is C19H13N3O3. The van der Waals surface area contributed by atoms with Gasteiger partial charge in [0.25, 0.3) is 0 Å². The molecule has 6 nitrogen and oxygen atoms in total. The van der Waals surface area contributed by atoms with Crippen molar-refractivity contribution >= 4 is 28.4 Å². The zero-order valence-corrected chi connectivity index (χ0v) is 13.0. The van der Waals surface area contributed by atoms with Crippen molar-refractivity contribution in [1.82, 2.24) is 9.97 Å². The van der Waals surface area contributed by atoms with Crippen molar-refractivity contribution < 1.29 is 13.9 Å². The van der Waals surface area contributed by atoms with E-state index < -0.39 is 5.97 Å². The van der Waals surface area contributed by atoms with Crippen LogP contribution in [0, 0.1) is 0 Å². The van der Waals surface area contributed by atoms with Crippen molar-refractivity contribution in [2.45, 2.75) is 0 Å². The average Bonchev–Trinajstić information content (AvgIpc) is 3.18. The Balaban J connectivity index is 1.67. The molecule has 4 rings (SSSR count). The number of ether oxygens (including phenoxy) is 1. The van der Waals surface area contributed by atoms with Gasteiger partial charge < -0.3 is 14.5 Å². The first-order valence-corrected chi connectivity index (χ1v) is 7.62. The maximum absolute atomic E-state index is 12.0. The number of carbonyl (C=O) groups excluding carboxylic acids is 1. The molecule has 1 N–H and O–H groups in total. The van der Waals surface area contributed by atoms with E-state index in [0.717, 1.165) is 16.6 Å². The van der Waals surface area contributed by atoms with Crippen LogP contribution in [0.3, 0.4) is 0 Å². The third-order valence-corrected chi connectivity index (χ3v) is 3.58. The molecule has 2 heterocycles. The lowest BCUT2D eigenvalue weighted by molar-refractivity contribution is 0.0701. The van der Waals surface area contributed by atoms with Gasteiger partial charge in [-0.05, 0) is 42.5 Å². The highest BCUT2D eigenvalue weighted by Crippen LogP contribution is 2.27. The minimum atomic E-state index is -0.557. The number of hydrogen-bond acceptors (Lipinski definition) is 6. The molecule has 0 unspecified atom stereocenters. The van der Waals surface area contributed by atoms with Crippen molar-refractivity contribution in [1.29, 1.82) is 0 Å². The fraction of sp³-hybridized carbons (Fsp3) is 0. The van der Waals surface area contributed by atoms with E-state index in [2.05, 4.69) is 15.3 Å². The predicted molar refractivity (Wildman–Crippen MR) is 92.9 cm³/mol. The van der Waals surface area contributed by atoms with Gasteiger partial charge in [0, 0.05) is 11.1 Å². The lowest BCUT2D eigenvalue weighted by Crippen LogP contribution is -2.07. The van der Waals surface area contributed by atoms with Gasteiger partial charge in [0.2, 0.25) is 5.76 Å². The standard InChI is InChI=1S/C19H13N3O3/c23-19(17-7-4-10-24-17)25-14-8-9-16-15(11-14)18(21-12-20-16)22-13-5-2-1-3-6-13/h1-12H,(H,20,21,22). The number of anilines is 2. The van der Waals surface area contributed by atoms with E-state index in [4.69, 9.17) is 9.15 Å².